The van der Waals surface area contributed by atoms with Crippen LogP contribution in [0.4, 0.5) is 0 Å². The van der Waals surface area contributed by atoms with Crippen LogP contribution in [0.15, 0.2) is 76.4 Å². The molecule has 8 nitrogen and oxygen atoms in total. The van der Waals surface area contributed by atoms with E-state index < -0.39 is 0 Å². The molecule has 0 aliphatic heterocycles. The molecule has 0 bridgehead atoms. The lowest BCUT2D eigenvalue weighted by atomic mass is 9.98. The number of benzene rings is 1. The van der Waals surface area contributed by atoms with Crippen LogP contribution in [0.1, 0.15) is 33.1 Å². The van der Waals surface area contributed by atoms with E-state index in [2.05, 4.69) is 15.1 Å². The van der Waals surface area contributed by atoms with Crippen LogP contribution in [0, 0.1) is 13.8 Å². The number of rotatable bonds is 7. The third-order valence-electron chi connectivity index (χ3n) is 6.18. The molecule has 4 heterocycles. The molecule has 8 heteroatoms. The van der Waals surface area contributed by atoms with Crippen molar-refractivity contribution < 1.29 is 14.1 Å². The number of nitrogens with zero attached hydrogens (tertiary/aromatic N) is 4. The second kappa shape index (κ2) is 9.58. The molecule has 5 rings (SSSR count). The molecule has 4 aromatic heterocycles. The van der Waals surface area contributed by atoms with Gasteiger partial charge in [0.05, 0.1) is 41.7 Å². The lowest BCUT2D eigenvalue weighted by Crippen LogP contribution is -2.28. The molecular formula is C28H24N4O4. The first-order chi connectivity index (χ1) is 17.5. The molecule has 180 valence electrons. The lowest BCUT2D eigenvalue weighted by molar-refractivity contribution is 0.0991. The van der Waals surface area contributed by atoms with Crippen molar-refractivity contribution in [1.82, 2.24) is 19.7 Å². The van der Waals surface area contributed by atoms with E-state index in [1.807, 2.05) is 44.2 Å². The van der Waals surface area contributed by atoms with Gasteiger partial charge in [-0.25, -0.2) is 0 Å². The van der Waals surface area contributed by atoms with Crippen LogP contribution in [0.2, 0.25) is 0 Å². The van der Waals surface area contributed by atoms with E-state index in [4.69, 9.17) is 9.26 Å². The fourth-order valence-corrected chi connectivity index (χ4v) is 4.43. The van der Waals surface area contributed by atoms with Crippen LogP contribution in [-0.2, 0) is 13.0 Å². The van der Waals surface area contributed by atoms with Crippen molar-refractivity contribution in [3.63, 3.8) is 0 Å². The second-order valence-electron chi connectivity index (χ2n) is 8.54. The topological polar surface area (TPSA) is 100 Å². The highest BCUT2D eigenvalue weighted by molar-refractivity contribution is 6.01. The van der Waals surface area contributed by atoms with E-state index in [9.17, 15) is 9.59 Å². The Bertz CT molecular complexity index is 1600. The summed E-state index contributed by atoms with van der Waals surface area (Å²) in [5.41, 5.74) is 4.19. The van der Waals surface area contributed by atoms with Crippen LogP contribution in [0.5, 0.6) is 5.75 Å². The summed E-state index contributed by atoms with van der Waals surface area (Å²) in [6, 6.07) is 14.5. The van der Waals surface area contributed by atoms with Crippen molar-refractivity contribution >= 4 is 16.7 Å². The molecule has 5 aromatic rings. The molecule has 0 atom stereocenters. The van der Waals surface area contributed by atoms with Crippen LogP contribution in [0.25, 0.3) is 22.0 Å². The molecule has 0 radical (unpaired) electrons. The van der Waals surface area contributed by atoms with Crippen molar-refractivity contribution in [2.45, 2.75) is 26.8 Å². The zero-order valence-corrected chi connectivity index (χ0v) is 20.2. The number of hydrogen-bond acceptors (Lipinski definition) is 7. The van der Waals surface area contributed by atoms with Crippen LogP contribution < -0.4 is 10.3 Å². The first-order valence-electron chi connectivity index (χ1n) is 11.5. The Kier molecular flexibility index (Phi) is 6.16. The standard InChI is InChI=1S/C28H24N4O4/c1-17-27(18(2)36-31-17)23-14-20-13-22(25(33)12-19-7-10-29-11-8-19)28(34)32(24(20)15-26(23)35-3)16-21-6-4-5-9-30-21/h4-11,13-15H,12,16H2,1-3H3. The quantitative estimate of drug-likeness (QED) is 0.315. The molecule has 36 heavy (non-hydrogen) atoms. The van der Waals surface area contributed by atoms with E-state index in [1.165, 1.54) is 0 Å². The summed E-state index contributed by atoms with van der Waals surface area (Å²) in [5.74, 6) is 0.959. The van der Waals surface area contributed by atoms with E-state index >= 15 is 0 Å². The largest absolute Gasteiger partial charge is 0.496 e. The number of pyridine rings is 3. The zero-order valence-electron chi connectivity index (χ0n) is 20.2. The molecule has 0 spiro atoms. The molecule has 0 saturated carbocycles. The predicted octanol–water partition coefficient (Wildman–Crippen LogP) is 4.55. The number of methoxy groups -OCH3 is 1. The van der Waals surface area contributed by atoms with Crippen molar-refractivity contribution in [3.05, 3.63) is 106 Å². The van der Waals surface area contributed by atoms with Gasteiger partial charge >= 0.3 is 0 Å². The normalized spacial score (nSPS) is 11.1. The summed E-state index contributed by atoms with van der Waals surface area (Å²) >= 11 is 0. The number of hydrogen-bond donors (Lipinski definition) is 0. The Morgan fingerprint density at radius 3 is 2.53 bits per heavy atom. The molecule has 0 amide bonds. The molecule has 0 saturated heterocycles. The van der Waals surface area contributed by atoms with Gasteiger partial charge in [-0.1, -0.05) is 11.2 Å². The highest BCUT2D eigenvalue weighted by atomic mass is 16.5. The summed E-state index contributed by atoms with van der Waals surface area (Å²) in [6.07, 6.45) is 5.03. The Morgan fingerprint density at radius 2 is 1.86 bits per heavy atom. The summed E-state index contributed by atoms with van der Waals surface area (Å²) in [6.45, 7) is 3.91. The van der Waals surface area contributed by atoms with Crippen molar-refractivity contribution in [2.75, 3.05) is 7.11 Å². The van der Waals surface area contributed by atoms with Gasteiger partial charge in [-0.2, -0.15) is 0 Å². The Labute approximate surface area is 207 Å². The molecule has 0 aliphatic rings. The lowest BCUT2D eigenvalue weighted by Gasteiger charge is -2.16. The summed E-state index contributed by atoms with van der Waals surface area (Å²) < 4.78 is 12.7. The number of ether oxygens (including phenoxy) is 1. The number of carbonyl (C=O) groups excluding carboxylic acids is 1. The smallest absolute Gasteiger partial charge is 0.262 e. The van der Waals surface area contributed by atoms with Gasteiger partial charge in [-0.3, -0.25) is 19.6 Å². The maximum Gasteiger partial charge on any atom is 0.262 e. The minimum Gasteiger partial charge on any atom is -0.496 e. The zero-order chi connectivity index (χ0) is 25.2. The molecule has 1 aromatic carbocycles. The second-order valence-corrected chi connectivity index (χ2v) is 8.54. The number of aryl methyl sites for hydroxylation is 2. The van der Waals surface area contributed by atoms with Gasteiger partial charge in [0.25, 0.3) is 5.56 Å². The maximum atomic E-state index is 13.7. The van der Waals surface area contributed by atoms with Gasteiger partial charge in [0.2, 0.25) is 0 Å². The first-order valence-corrected chi connectivity index (χ1v) is 11.5. The van der Waals surface area contributed by atoms with Gasteiger partial charge in [-0.15, -0.1) is 0 Å². The summed E-state index contributed by atoms with van der Waals surface area (Å²) in [5, 5.41) is 4.80. The molecule has 0 unspecified atom stereocenters. The predicted molar refractivity (Wildman–Crippen MR) is 135 cm³/mol. The van der Waals surface area contributed by atoms with Crippen molar-refractivity contribution in [2.24, 2.45) is 0 Å². The fourth-order valence-electron chi connectivity index (χ4n) is 4.43. The van der Waals surface area contributed by atoms with Gasteiger partial charge in [0.1, 0.15) is 11.5 Å². The highest BCUT2D eigenvalue weighted by Gasteiger charge is 2.21. The van der Waals surface area contributed by atoms with E-state index in [0.717, 1.165) is 27.8 Å². The van der Waals surface area contributed by atoms with Crippen LogP contribution in [-0.4, -0.2) is 32.6 Å². The molecular weight excluding hydrogens is 456 g/mol. The van der Waals surface area contributed by atoms with Crippen LogP contribution >= 0.6 is 0 Å². The third kappa shape index (κ3) is 4.29. The van der Waals surface area contributed by atoms with E-state index in [0.29, 0.717) is 22.7 Å². The third-order valence-corrected chi connectivity index (χ3v) is 6.18. The van der Waals surface area contributed by atoms with Gasteiger partial charge in [0, 0.05) is 42.0 Å². The average molecular weight is 481 g/mol. The Balaban J connectivity index is 1.74. The van der Waals surface area contributed by atoms with Gasteiger partial charge in [-0.05, 0) is 55.8 Å². The number of carbonyl (C=O) groups is 1. The Morgan fingerprint density at radius 1 is 1.06 bits per heavy atom. The number of ketones is 1. The highest BCUT2D eigenvalue weighted by Crippen LogP contribution is 2.37. The molecule has 0 N–H and O–H groups in total. The van der Waals surface area contributed by atoms with Crippen LogP contribution in [0.3, 0.4) is 0 Å². The number of Topliss-reactive ketones (excluding diaryl/α,β-unsaturated/α-hetero) is 1. The SMILES string of the molecule is COc1cc2c(cc1-c1c(C)noc1C)cc(C(=O)Cc1ccncc1)c(=O)n2Cc1ccccn1. The number of fused-ring (bicyclic) bond motifs is 1. The van der Waals surface area contributed by atoms with E-state index in [-0.39, 0.29) is 29.9 Å². The maximum absolute atomic E-state index is 13.7. The van der Waals surface area contributed by atoms with Gasteiger partial charge < -0.3 is 13.8 Å². The first kappa shape index (κ1) is 23.2. The minimum absolute atomic E-state index is 0.0970. The fraction of sp³-hybridized carbons (Fsp3) is 0.179. The minimum atomic E-state index is -0.376. The monoisotopic (exact) mass is 480 g/mol. The van der Waals surface area contributed by atoms with Crippen molar-refractivity contribution in [3.8, 4) is 16.9 Å². The summed E-state index contributed by atoms with van der Waals surface area (Å²) in [4.78, 5) is 35.4. The summed E-state index contributed by atoms with van der Waals surface area (Å²) in [7, 11) is 1.58. The van der Waals surface area contributed by atoms with E-state index in [1.54, 1.807) is 48.5 Å². The van der Waals surface area contributed by atoms with Gasteiger partial charge in [0.15, 0.2) is 5.78 Å². The molecule has 0 fully saturated rings. The van der Waals surface area contributed by atoms with Crippen molar-refractivity contribution in [1.29, 1.82) is 0 Å². The molecule has 0 aliphatic carbocycles. The average Bonchev–Trinajstić information content (AvgIpc) is 3.23. The Hall–Kier alpha value is -4.59. The number of aromatic nitrogens is 4.